The lowest BCUT2D eigenvalue weighted by molar-refractivity contribution is 0.193. The molecule has 1 aliphatic heterocycles. The first kappa shape index (κ1) is 14.2. The number of hydrogen-bond donors (Lipinski definition) is 1. The molecule has 0 spiro atoms. The molecule has 2 rings (SSSR count). The Balaban J connectivity index is 1.52. The average Bonchev–Trinajstić information content (AvgIpc) is 2.99. The summed E-state index contributed by atoms with van der Waals surface area (Å²) in [6.45, 7) is 2.26. The average molecular weight is 266 g/mol. The third-order valence-electron chi connectivity index (χ3n) is 4.10. The van der Waals surface area contributed by atoms with Crippen LogP contribution in [0.4, 0.5) is 0 Å². The minimum atomic E-state index is -0.567. The van der Waals surface area contributed by atoms with Crippen LogP contribution in [0.3, 0.4) is 0 Å². The Morgan fingerprint density at radius 3 is 2.17 bits per heavy atom. The van der Waals surface area contributed by atoms with Crippen molar-refractivity contribution in [1.82, 2.24) is 0 Å². The zero-order chi connectivity index (χ0) is 12.9. The van der Waals surface area contributed by atoms with E-state index in [1.807, 2.05) is 12.2 Å². The molecule has 2 atom stereocenters. The van der Waals surface area contributed by atoms with Crippen molar-refractivity contribution in [3.63, 3.8) is 0 Å². The van der Waals surface area contributed by atoms with Gasteiger partial charge in [-0.15, -0.1) is 11.8 Å². The van der Waals surface area contributed by atoms with E-state index in [1.54, 1.807) is 11.8 Å². The van der Waals surface area contributed by atoms with Gasteiger partial charge < -0.3 is 5.11 Å². The monoisotopic (exact) mass is 266 g/mol. The van der Waals surface area contributed by atoms with Crippen LogP contribution in [0.15, 0.2) is 24.3 Å². The van der Waals surface area contributed by atoms with E-state index >= 15 is 0 Å². The number of aliphatic hydroxyl groups is 1. The molecule has 1 heterocycles. The minimum absolute atomic E-state index is 0.0317. The van der Waals surface area contributed by atoms with Gasteiger partial charge in [-0.25, -0.2) is 0 Å². The van der Waals surface area contributed by atoms with E-state index in [0.29, 0.717) is 0 Å². The molecule has 0 saturated carbocycles. The van der Waals surface area contributed by atoms with Gasteiger partial charge in [0.1, 0.15) is 4.93 Å². The first-order valence-corrected chi connectivity index (χ1v) is 8.34. The van der Waals surface area contributed by atoms with Crippen LogP contribution in [0, 0.1) is 0 Å². The molecule has 0 amide bonds. The lowest BCUT2D eigenvalue weighted by Crippen LogP contribution is -2.23. The van der Waals surface area contributed by atoms with Crippen molar-refractivity contribution < 1.29 is 5.11 Å². The summed E-state index contributed by atoms with van der Waals surface area (Å²) in [7, 11) is 0. The van der Waals surface area contributed by atoms with Crippen LogP contribution >= 0.6 is 11.8 Å². The fraction of sp³-hybridized carbons (Fsp3) is 0.750. The quantitative estimate of drug-likeness (QED) is 0.477. The van der Waals surface area contributed by atoms with Gasteiger partial charge in [0, 0.05) is 0 Å². The summed E-state index contributed by atoms with van der Waals surface area (Å²) >= 11 is 1.71. The van der Waals surface area contributed by atoms with Crippen LogP contribution in [-0.4, -0.2) is 14.8 Å². The molecule has 1 N–H and O–H groups in total. The summed E-state index contributed by atoms with van der Waals surface area (Å²) in [5.41, 5.74) is 0. The highest BCUT2D eigenvalue weighted by Gasteiger charge is 2.65. The molecule has 0 radical (unpaired) electrons. The van der Waals surface area contributed by atoms with Crippen molar-refractivity contribution in [2.24, 2.45) is 0 Å². The number of rotatable bonds is 9. The van der Waals surface area contributed by atoms with Gasteiger partial charge >= 0.3 is 0 Å². The maximum atomic E-state index is 10.2. The number of unbranched alkanes of at least 4 members (excludes halogenated alkanes) is 7. The largest absolute Gasteiger partial charge is 0.374 e. The van der Waals surface area contributed by atoms with Gasteiger partial charge in [0.2, 0.25) is 0 Å². The van der Waals surface area contributed by atoms with E-state index in [-0.39, 0.29) is 4.75 Å². The van der Waals surface area contributed by atoms with Crippen molar-refractivity contribution in [3.05, 3.63) is 24.3 Å². The van der Waals surface area contributed by atoms with E-state index in [0.717, 1.165) is 6.42 Å². The summed E-state index contributed by atoms with van der Waals surface area (Å²) < 4.78 is 0.0317. The van der Waals surface area contributed by atoms with E-state index in [2.05, 4.69) is 19.1 Å². The Morgan fingerprint density at radius 1 is 0.889 bits per heavy atom. The fourth-order valence-electron chi connectivity index (χ4n) is 2.81. The van der Waals surface area contributed by atoms with Gasteiger partial charge in [-0.1, -0.05) is 76.5 Å². The first-order valence-electron chi connectivity index (χ1n) is 7.52. The van der Waals surface area contributed by atoms with Crippen LogP contribution in [0.2, 0.25) is 0 Å². The van der Waals surface area contributed by atoms with Crippen molar-refractivity contribution in [2.75, 3.05) is 0 Å². The van der Waals surface area contributed by atoms with Gasteiger partial charge in [-0.2, -0.15) is 0 Å². The van der Waals surface area contributed by atoms with Crippen molar-refractivity contribution in [3.8, 4) is 0 Å². The number of hydrogen-bond acceptors (Lipinski definition) is 2. The van der Waals surface area contributed by atoms with E-state index in [4.69, 9.17) is 0 Å². The highest BCUT2D eigenvalue weighted by molar-refractivity contribution is 8.09. The maximum Gasteiger partial charge on any atom is 0.148 e. The smallest absolute Gasteiger partial charge is 0.148 e. The third kappa shape index (κ3) is 3.21. The van der Waals surface area contributed by atoms with Crippen LogP contribution in [-0.2, 0) is 0 Å². The fourth-order valence-corrected chi connectivity index (χ4v) is 4.09. The minimum Gasteiger partial charge on any atom is -0.374 e. The molecule has 0 bridgehead atoms. The van der Waals surface area contributed by atoms with E-state index in [9.17, 15) is 5.11 Å². The predicted octanol–water partition coefficient (Wildman–Crippen LogP) is 4.82. The Labute approximate surface area is 116 Å². The Hall–Kier alpha value is -0.210. The van der Waals surface area contributed by atoms with Crippen LogP contribution in [0.1, 0.15) is 64.7 Å². The maximum absolute atomic E-state index is 10.2. The molecule has 2 unspecified atom stereocenters. The van der Waals surface area contributed by atoms with Gasteiger partial charge in [0.15, 0.2) is 0 Å². The summed E-state index contributed by atoms with van der Waals surface area (Å²) in [5.74, 6) is 0. The molecule has 1 saturated heterocycles. The molecule has 0 aromatic carbocycles. The summed E-state index contributed by atoms with van der Waals surface area (Å²) in [6.07, 6.45) is 20.2. The van der Waals surface area contributed by atoms with E-state index in [1.165, 1.54) is 51.4 Å². The third-order valence-corrected chi connectivity index (χ3v) is 5.73. The molecule has 1 aliphatic carbocycles. The molecule has 102 valence electrons. The number of fused-ring (bicyclic) bond motifs is 1. The van der Waals surface area contributed by atoms with Crippen LogP contribution in [0.25, 0.3) is 0 Å². The second-order valence-corrected chi connectivity index (χ2v) is 7.19. The molecule has 2 heteroatoms. The molecule has 2 aliphatic rings. The van der Waals surface area contributed by atoms with Gasteiger partial charge in [-0.05, 0) is 12.5 Å². The second-order valence-electron chi connectivity index (χ2n) is 5.63. The van der Waals surface area contributed by atoms with Crippen LogP contribution < -0.4 is 0 Å². The zero-order valence-electron chi connectivity index (χ0n) is 11.5. The molecule has 0 aromatic rings. The molecule has 1 fully saturated rings. The van der Waals surface area contributed by atoms with Crippen molar-refractivity contribution in [1.29, 1.82) is 0 Å². The van der Waals surface area contributed by atoms with Gasteiger partial charge in [-0.3, -0.25) is 0 Å². The Morgan fingerprint density at radius 2 is 1.50 bits per heavy atom. The highest BCUT2D eigenvalue weighted by atomic mass is 32.2. The predicted molar refractivity (Wildman–Crippen MR) is 80.8 cm³/mol. The van der Waals surface area contributed by atoms with Gasteiger partial charge in [0.05, 0.1) is 4.75 Å². The summed E-state index contributed by atoms with van der Waals surface area (Å²) in [5, 5.41) is 10.2. The van der Waals surface area contributed by atoms with Crippen molar-refractivity contribution in [2.45, 2.75) is 74.4 Å². The lowest BCUT2D eigenvalue weighted by atomic mass is 9.92. The van der Waals surface area contributed by atoms with Crippen LogP contribution in [0.5, 0.6) is 0 Å². The molecular formula is C16H26OS. The van der Waals surface area contributed by atoms with Crippen molar-refractivity contribution >= 4 is 11.8 Å². The highest BCUT2D eigenvalue weighted by Crippen LogP contribution is 2.67. The molecule has 18 heavy (non-hydrogen) atoms. The molecule has 0 aromatic heterocycles. The lowest BCUT2D eigenvalue weighted by Gasteiger charge is -2.15. The Bertz CT molecular complexity index is 323. The SMILES string of the molecule is CCCCCCCCCCC12C=CC=CC1(O)S2. The Kier molecular flexibility index (Phi) is 4.97. The zero-order valence-corrected chi connectivity index (χ0v) is 12.3. The summed E-state index contributed by atoms with van der Waals surface area (Å²) in [6, 6.07) is 0. The number of thioether (sulfide) groups is 1. The summed E-state index contributed by atoms with van der Waals surface area (Å²) in [4.78, 5) is -0.567. The molecule has 1 nitrogen and oxygen atoms in total. The second kappa shape index (κ2) is 6.29. The first-order chi connectivity index (χ1) is 8.72. The molecular weight excluding hydrogens is 240 g/mol. The number of allylic oxidation sites excluding steroid dienone is 2. The standard InChI is InChI=1S/C16H26OS/c1-2-3-4-5-6-7-8-9-12-15-13-10-11-14-16(15,17)18-15/h10-11,13-14,17H,2-9,12H2,1H3. The van der Waals surface area contributed by atoms with E-state index < -0.39 is 4.93 Å². The normalized spacial score (nSPS) is 32.6. The van der Waals surface area contributed by atoms with Gasteiger partial charge in [0.25, 0.3) is 0 Å². The topological polar surface area (TPSA) is 20.2 Å².